The summed E-state index contributed by atoms with van der Waals surface area (Å²) in [5, 5.41) is 26.9. The van der Waals surface area contributed by atoms with E-state index in [9.17, 15) is 43.2 Å². The Bertz CT molecular complexity index is 2780. The van der Waals surface area contributed by atoms with E-state index in [0.29, 0.717) is 0 Å². The minimum absolute atomic E-state index is 0.0619. The van der Waals surface area contributed by atoms with Crippen LogP contribution in [0.4, 0.5) is 0 Å². The molecule has 33 nitrogen and oxygen atoms in total. The Hall–Kier alpha value is -8.37. The molecule has 0 spiro atoms. The van der Waals surface area contributed by atoms with Crippen molar-refractivity contribution >= 4 is 53.7 Å². The van der Waals surface area contributed by atoms with Gasteiger partial charge in [-0.1, -0.05) is 15.6 Å². The number of nitrogens with zero attached hydrogens (tertiary/aromatic N) is 9. The third-order valence-electron chi connectivity index (χ3n) is 13.3. The first kappa shape index (κ1) is 66.2. The molecule has 4 aromatic rings. The molecule has 0 N–H and O–H groups in total. The Balaban J connectivity index is 1.42. The molecule has 3 fully saturated rings. The first-order valence-electron chi connectivity index (χ1n) is 27.6. The number of esters is 9. The van der Waals surface area contributed by atoms with Gasteiger partial charge in [0.15, 0.2) is 55.5 Å². The van der Waals surface area contributed by atoms with Gasteiger partial charge in [-0.05, 0) is 39.0 Å². The topological polar surface area (TPSA) is 384 Å². The molecule has 3 aliphatic rings. The average Bonchev–Trinajstić information content (AvgIpc) is 1.93. The molecule has 474 valence electrons. The lowest BCUT2D eigenvalue weighted by Gasteiger charge is -2.44. The van der Waals surface area contributed by atoms with Gasteiger partial charge in [0.2, 0.25) is 0 Å². The van der Waals surface area contributed by atoms with Crippen molar-refractivity contribution in [2.45, 2.75) is 175 Å². The monoisotopic (exact) mass is 1230 g/mol. The Morgan fingerprint density at radius 3 is 0.805 bits per heavy atom. The number of benzene rings is 1. The van der Waals surface area contributed by atoms with Gasteiger partial charge in [-0.2, -0.15) is 0 Å². The lowest BCUT2D eigenvalue weighted by Crippen LogP contribution is -2.59. The van der Waals surface area contributed by atoms with Crippen LogP contribution in [0.15, 0.2) is 36.8 Å². The van der Waals surface area contributed by atoms with E-state index in [2.05, 4.69) is 30.9 Å². The standard InChI is InChI=1S/C54H69N9O24/c1-13-73-52-49(82-31(10)70)46(79-28(7)67)43(40(85-52)22-76-25(4)64)61-19-37(55-58-61)34-16-35(38-20-62(59-56-38)44-41(23-77-26(5)65)86-53(74-14-2)50(83-32(11)71)47(44)80-29(8)68)18-36(17-34)39-21-63(60-57-39)45-42(24-78-27(6)66)87-54(75-15-3)51(84-33(12)72)48(45)81-30(9)69/h16-21,40-54H,13-15,22-24H2,1-12H3/t40-,41-,42-,43-,44-,45-,46+,47+,48+,49+,50+,51+,52+,53+,54+/m1/s1. The average molecular weight is 1230 g/mol. The SMILES string of the molecule is CCO[C@H]1O[C@H](COC(C)=O)[C@@H](n2cc(-c3cc(-c4cn([C@H]5[C@H](OC(C)=O)[C@H](OC(C)=O)[C@@H](OCC)O[C@@H]5COC(C)=O)nn4)cc(-c4cn([C@H]5[C@H](OC(C)=O)[C@H](OC(C)=O)[C@@H](OCC)O[C@@H]5COC(C)=O)nn4)c3)nn2)[C@H](OC(C)=O)[C@@H]1OC(C)=O. The van der Waals surface area contributed by atoms with Gasteiger partial charge in [0.05, 0.1) is 18.6 Å². The Kier molecular flexibility index (Phi) is 22.7. The van der Waals surface area contributed by atoms with Gasteiger partial charge in [-0.3, -0.25) is 43.2 Å². The van der Waals surface area contributed by atoms with Crippen LogP contribution < -0.4 is 0 Å². The van der Waals surface area contributed by atoms with Crippen molar-refractivity contribution in [2.24, 2.45) is 0 Å². The molecular weight excluding hydrogens is 1160 g/mol. The minimum atomic E-state index is -1.39. The zero-order valence-electron chi connectivity index (χ0n) is 49.7. The molecule has 33 heteroatoms. The molecule has 0 bridgehead atoms. The molecule has 3 aliphatic heterocycles. The highest BCUT2D eigenvalue weighted by Gasteiger charge is 2.55. The maximum atomic E-state index is 12.9. The van der Waals surface area contributed by atoms with Crippen molar-refractivity contribution in [2.75, 3.05) is 39.6 Å². The summed E-state index contributed by atoms with van der Waals surface area (Å²) in [6.45, 7) is 14.3. The van der Waals surface area contributed by atoms with Gasteiger partial charge >= 0.3 is 53.7 Å². The second kappa shape index (κ2) is 29.8. The highest BCUT2D eigenvalue weighted by Crippen LogP contribution is 2.41. The summed E-state index contributed by atoms with van der Waals surface area (Å²) in [5.41, 5.74) is 1.19. The van der Waals surface area contributed by atoms with Crippen molar-refractivity contribution in [3.63, 3.8) is 0 Å². The predicted molar refractivity (Wildman–Crippen MR) is 285 cm³/mol. The zero-order valence-corrected chi connectivity index (χ0v) is 49.7. The fraction of sp³-hybridized carbons (Fsp3) is 0.611. The summed E-state index contributed by atoms with van der Waals surface area (Å²) >= 11 is 0. The Labute approximate surface area is 496 Å². The van der Waals surface area contributed by atoms with Crippen LogP contribution in [0.2, 0.25) is 0 Å². The second-order valence-electron chi connectivity index (χ2n) is 19.9. The van der Waals surface area contributed by atoms with Crippen LogP contribution in [0.3, 0.4) is 0 Å². The summed E-state index contributed by atoms with van der Waals surface area (Å²) in [5.74, 6) is -6.71. The molecule has 87 heavy (non-hydrogen) atoms. The summed E-state index contributed by atoms with van der Waals surface area (Å²) < 4.78 is 90.9. The molecule has 15 atom stereocenters. The third-order valence-corrected chi connectivity index (χ3v) is 13.3. The molecule has 3 aromatic heterocycles. The van der Waals surface area contributed by atoms with E-state index in [-0.39, 0.29) is 53.6 Å². The number of hydrogen-bond acceptors (Lipinski definition) is 30. The van der Waals surface area contributed by atoms with Crippen LogP contribution in [-0.4, -0.2) is 212 Å². The van der Waals surface area contributed by atoms with E-state index in [1.165, 1.54) is 53.4 Å². The number of rotatable bonds is 24. The van der Waals surface area contributed by atoms with Crippen LogP contribution in [0.25, 0.3) is 33.8 Å². The first-order valence-corrected chi connectivity index (χ1v) is 27.6. The first-order chi connectivity index (χ1) is 41.4. The largest absolute Gasteiger partial charge is 0.463 e. The Morgan fingerprint density at radius 1 is 0.368 bits per heavy atom. The molecule has 3 saturated heterocycles. The number of carbonyl (C=O) groups excluding carboxylic acids is 9. The van der Waals surface area contributed by atoms with Crippen LogP contribution in [0, 0.1) is 0 Å². The highest BCUT2D eigenvalue weighted by molar-refractivity contribution is 5.78. The number of carbonyl (C=O) groups is 9. The van der Waals surface area contributed by atoms with Gasteiger partial charge in [0, 0.05) is 98.8 Å². The van der Waals surface area contributed by atoms with Gasteiger partial charge in [0.25, 0.3) is 0 Å². The van der Waals surface area contributed by atoms with Crippen LogP contribution in [0.1, 0.15) is 101 Å². The van der Waals surface area contributed by atoms with Crippen molar-refractivity contribution in [3.8, 4) is 33.8 Å². The quantitative estimate of drug-likeness (QED) is 0.0711. The van der Waals surface area contributed by atoms with E-state index in [4.69, 9.17) is 71.1 Å². The third kappa shape index (κ3) is 16.8. The fourth-order valence-corrected chi connectivity index (χ4v) is 10.2. The summed E-state index contributed by atoms with van der Waals surface area (Å²) in [7, 11) is 0. The number of aromatic nitrogens is 9. The number of hydrogen-bond donors (Lipinski definition) is 0. The normalized spacial score (nSPS) is 27.0. The maximum absolute atomic E-state index is 12.9. The zero-order chi connectivity index (χ0) is 63.4. The number of ether oxygens (including phenoxy) is 15. The molecule has 0 unspecified atom stereocenters. The van der Waals surface area contributed by atoms with Crippen LogP contribution in [-0.2, 0) is 114 Å². The van der Waals surface area contributed by atoms with Crippen molar-refractivity contribution in [1.29, 1.82) is 0 Å². The summed E-state index contributed by atoms with van der Waals surface area (Å²) in [4.78, 5) is 113. The van der Waals surface area contributed by atoms with Crippen molar-refractivity contribution in [1.82, 2.24) is 45.0 Å². The molecule has 0 saturated carbocycles. The van der Waals surface area contributed by atoms with E-state index < -0.39 is 165 Å². The molecule has 0 aliphatic carbocycles. The van der Waals surface area contributed by atoms with Crippen LogP contribution in [0.5, 0.6) is 0 Å². The lowest BCUT2D eigenvalue weighted by molar-refractivity contribution is -0.293. The Morgan fingerprint density at radius 2 is 0.598 bits per heavy atom. The van der Waals surface area contributed by atoms with E-state index in [1.807, 2.05) is 0 Å². The summed E-state index contributed by atoms with van der Waals surface area (Å²) in [6.07, 6.45) is -11.4. The van der Waals surface area contributed by atoms with E-state index >= 15 is 0 Å². The van der Waals surface area contributed by atoms with Crippen molar-refractivity contribution in [3.05, 3.63) is 36.8 Å². The smallest absolute Gasteiger partial charge is 0.303 e. The van der Waals surface area contributed by atoms with Crippen LogP contribution >= 0.6 is 0 Å². The van der Waals surface area contributed by atoms with Gasteiger partial charge in [0.1, 0.15) is 73.3 Å². The van der Waals surface area contributed by atoms with Gasteiger partial charge in [-0.15, -0.1) is 15.3 Å². The summed E-state index contributed by atoms with van der Waals surface area (Å²) in [6, 6.07) is 1.22. The molecule has 0 radical (unpaired) electrons. The van der Waals surface area contributed by atoms with Crippen molar-refractivity contribution < 1.29 is 114 Å². The molecule has 6 heterocycles. The fourth-order valence-electron chi connectivity index (χ4n) is 10.2. The minimum Gasteiger partial charge on any atom is -0.463 e. The van der Waals surface area contributed by atoms with E-state index in [1.54, 1.807) is 39.0 Å². The van der Waals surface area contributed by atoms with E-state index in [0.717, 1.165) is 41.5 Å². The molecular formula is C54H69N9O24. The second-order valence-corrected chi connectivity index (χ2v) is 19.9. The lowest BCUT2D eigenvalue weighted by atomic mass is 9.95. The molecule has 1 aromatic carbocycles. The molecule has 7 rings (SSSR count). The predicted octanol–water partition coefficient (Wildman–Crippen LogP) is 1.65. The molecule has 0 amide bonds. The van der Waals surface area contributed by atoms with Gasteiger partial charge in [-0.25, -0.2) is 14.0 Å². The maximum Gasteiger partial charge on any atom is 0.303 e. The highest BCUT2D eigenvalue weighted by atomic mass is 16.7. The van der Waals surface area contributed by atoms with Gasteiger partial charge < -0.3 is 71.1 Å².